The molecule has 0 spiro atoms. The Hall–Kier alpha value is -0.570. The fraction of sp³-hybridized carbons (Fsp3) is 0.923. The van der Waals surface area contributed by atoms with Crippen LogP contribution in [0.4, 0.5) is 0 Å². The zero-order valence-electron chi connectivity index (χ0n) is 10.9. The Balaban J connectivity index is 2.26. The van der Waals surface area contributed by atoms with Crippen molar-refractivity contribution in [3.05, 3.63) is 0 Å². The van der Waals surface area contributed by atoms with Crippen LogP contribution in [0, 0.1) is 11.8 Å². The van der Waals surface area contributed by atoms with Crippen LogP contribution in [0.15, 0.2) is 0 Å². The number of nitrogens with one attached hydrogen (secondary N) is 2. The molecule has 2 unspecified atom stereocenters. The van der Waals surface area contributed by atoms with Crippen molar-refractivity contribution in [2.45, 2.75) is 52.5 Å². The van der Waals surface area contributed by atoms with Gasteiger partial charge in [-0.2, -0.15) is 0 Å². The summed E-state index contributed by atoms with van der Waals surface area (Å²) in [6, 6.07) is 0.346. The average molecular weight is 226 g/mol. The Bertz CT molecular complexity index is 212. The molecule has 0 aromatic carbocycles. The Labute approximate surface area is 99.4 Å². The van der Waals surface area contributed by atoms with Crippen LogP contribution in [0.25, 0.3) is 0 Å². The molecule has 1 rings (SSSR count). The number of carbonyl (C=O) groups excluding carboxylic acids is 1. The zero-order chi connectivity index (χ0) is 12.0. The van der Waals surface area contributed by atoms with E-state index in [1.54, 1.807) is 0 Å². The lowest BCUT2D eigenvalue weighted by molar-refractivity contribution is -0.125. The summed E-state index contributed by atoms with van der Waals surface area (Å²) in [5.41, 5.74) is 0. The van der Waals surface area contributed by atoms with Gasteiger partial charge in [-0.1, -0.05) is 26.7 Å². The van der Waals surface area contributed by atoms with Crippen molar-refractivity contribution in [1.82, 2.24) is 10.6 Å². The summed E-state index contributed by atoms with van der Waals surface area (Å²) in [7, 11) is 0. The molecule has 16 heavy (non-hydrogen) atoms. The highest BCUT2D eigenvalue weighted by Crippen LogP contribution is 2.27. The minimum atomic E-state index is 0.0730. The van der Waals surface area contributed by atoms with Gasteiger partial charge in [0.2, 0.25) is 5.91 Å². The van der Waals surface area contributed by atoms with Crippen LogP contribution in [-0.4, -0.2) is 25.0 Å². The molecule has 1 aliphatic rings. The lowest BCUT2D eigenvalue weighted by atomic mass is 9.99. The maximum atomic E-state index is 11.9. The number of rotatable bonds is 6. The summed E-state index contributed by atoms with van der Waals surface area (Å²) >= 11 is 0. The van der Waals surface area contributed by atoms with E-state index in [9.17, 15) is 4.79 Å². The molecule has 0 aliphatic heterocycles. The van der Waals surface area contributed by atoms with Gasteiger partial charge < -0.3 is 10.6 Å². The fourth-order valence-electron chi connectivity index (χ4n) is 2.40. The van der Waals surface area contributed by atoms with Crippen LogP contribution in [0.1, 0.15) is 46.5 Å². The lowest BCUT2D eigenvalue weighted by Gasteiger charge is -2.22. The molecule has 0 bridgehead atoms. The standard InChI is InChI=1S/C13H26N2O/c1-4-14-9-10(2)13(16)15-11(3)12-7-5-6-8-12/h10-12,14H,4-9H2,1-3H3,(H,15,16). The van der Waals surface area contributed by atoms with Gasteiger partial charge in [-0.3, -0.25) is 4.79 Å². The first-order valence-electron chi connectivity index (χ1n) is 6.66. The third kappa shape index (κ3) is 4.12. The minimum absolute atomic E-state index is 0.0730. The van der Waals surface area contributed by atoms with E-state index in [1.165, 1.54) is 25.7 Å². The molecule has 3 heteroatoms. The summed E-state index contributed by atoms with van der Waals surface area (Å²) < 4.78 is 0. The van der Waals surface area contributed by atoms with Gasteiger partial charge in [-0.25, -0.2) is 0 Å². The second-order valence-corrected chi connectivity index (χ2v) is 5.05. The second kappa shape index (κ2) is 6.89. The molecule has 1 amide bonds. The van der Waals surface area contributed by atoms with Crippen LogP contribution in [-0.2, 0) is 4.79 Å². The fourth-order valence-corrected chi connectivity index (χ4v) is 2.40. The van der Waals surface area contributed by atoms with Crippen LogP contribution in [0.3, 0.4) is 0 Å². The molecule has 0 aromatic rings. The third-order valence-electron chi connectivity index (χ3n) is 3.62. The second-order valence-electron chi connectivity index (χ2n) is 5.05. The smallest absolute Gasteiger partial charge is 0.224 e. The van der Waals surface area contributed by atoms with Crippen LogP contribution in [0.2, 0.25) is 0 Å². The molecule has 2 N–H and O–H groups in total. The van der Waals surface area contributed by atoms with Gasteiger partial charge in [0.15, 0.2) is 0 Å². The zero-order valence-corrected chi connectivity index (χ0v) is 10.9. The molecule has 1 aliphatic carbocycles. The van der Waals surface area contributed by atoms with Crippen LogP contribution in [0.5, 0.6) is 0 Å². The van der Waals surface area contributed by atoms with Crippen molar-refractivity contribution in [2.75, 3.05) is 13.1 Å². The molecule has 0 heterocycles. The maximum absolute atomic E-state index is 11.9. The predicted molar refractivity (Wildman–Crippen MR) is 67.3 cm³/mol. The van der Waals surface area contributed by atoms with E-state index < -0.39 is 0 Å². The first kappa shape index (κ1) is 13.5. The molecule has 1 saturated carbocycles. The van der Waals surface area contributed by atoms with E-state index >= 15 is 0 Å². The summed E-state index contributed by atoms with van der Waals surface area (Å²) in [4.78, 5) is 11.9. The largest absolute Gasteiger partial charge is 0.353 e. The summed E-state index contributed by atoms with van der Waals surface area (Å²) in [5, 5.41) is 6.36. The number of hydrogen-bond donors (Lipinski definition) is 2. The van der Waals surface area contributed by atoms with Crippen molar-refractivity contribution >= 4 is 5.91 Å². The molecule has 94 valence electrons. The van der Waals surface area contributed by atoms with Crippen LogP contribution < -0.4 is 10.6 Å². The van der Waals surface area contributed by atoms with Crippen molar-refractivity contribution in [3.8, 4) is 0 Å². The van der Waals surface area contributed by atoms with E-state index in [4.69, 9.17) is 0 Å². The summed E-state index contributed by atoms with van der Waals surface area (Å²) in [6.45, 7) is 7.90. The Morgan fingerprint density at radius 3 is 2.50 bits per heavy atom. The predicted octanol–water partition coefficient (Wildman–Crippen LogP) is 1.93. The topological polar surface area (TPSA) is 41.1 Å². The highest BCUT2D eigenvalue weighted by atomic mass is 16.1. The summed E-state index contributed by atoms with van der Waals surface area (Å²) in [5.74, 6) is 0.972. The molecule has 0 saturated heterocycles. The molecule has 2 atom stereocenters. The van der Waals surface area contributed by atoms with Gasteiger partial charge in [0.1, 0.15) is 0 Å². The van der Waals surface area contributed by atoms with Gasteiger partial charge in [-0.05, 0) is 32.2 Å². The highest BCUT2D eigenvalue weighted by molar-refractivity contribution is 5.78. The first-order valence-corrected chi connectivity index (χ1v) is 6.66. The normalized spacial score (nSPS) is 20.7. The number of hydrogen-bond acceptors (Lipinski definition) is 2. The third-order valence-corrected chi connectivity index (χ3v) is 3.62. The Morgan fingerprint density at radius 1 is 1.31 bits per heavy atom. The molecule has 3 nitrogen and oxygen atoms in total. The van der Waals surface area contributed by atoms with Gasteiger partial charge in [0.25, 0.3) is 0 Å². The Morgan fingerprint density at radius 2 is 1.94 bits per heavy atom. The average Bonchev–Trinajstić information content (AvgIpc) is 2.79. The van der Waals surface area contributed by atoms with E-state index in [1.807, 2.05) is 6.92 Å². The SMILES string of the molecule is CCNCC(C)C(=O)NC(C)C1CCCC1. The molecule has 0 radical (unpaired) electrons. The van der Waals surface area contributed by atoms with Crippen molar-refractivity contribution < 1.29 is 4.79 Å². The molecule has 1 fully saturated rings. The van der Waals surface area contributed by atoms with E-state index in [0.29, 0.717) is 12.0 Å². The number of amides is 1. The highest BCUT2D eigenvalue weighted by Gasteiger charge is 2.24. The first-order chi connectivity index (χ1) is 7.65. The van der Waals surface area contributed by atoms with Crippen molar-refractivity contribution in [2.24, 2.45) is 11.8 Å². The van der Waals surface area contributed by atoms with Crippen molar-refractivity contribution in [1.29, 1.82) is 0 Å². The van der Waals surface area contributed by atoms with Crippen LogP contribution >= 0.6 is 0 Å². The van der Waals surface area contributed by atoms with E-state index in [2.05, 4.69) is 24.5 Å². The maximum Gasteiger partial charge on any atom is 0.224 e. The molecular weight excluding hydrogens is 200 g/mol. The molecule has 0 aromatic heterocycles. The van der Waals surface area contributed by atoms with Crippen molar-refractivity contribution in [3.63, 3.8) is 0 Å². The van der Waals surface area contributed by atoms with Gasteiger partial charge in [0, 0.05) is 18.5 Å². The molecular formula is C13H26N2O. The summed E-state index contributed by atoms with van der Waals surface area (Å²) in [6.07, 6.45) is 5.22. The Kier molecular flexibility index (Phi) is 5.81. The quantitative estimate of drug-likeness (QED) is 0.726. The van der Waals surface area contributed by atoms with Gasteiger partial charge in [-0.15, -0.1) is 0 Å². The lowest BCUT2D eigenvalue weighted by Crippen LogP contribution is -2.42. The van der Waals surface area contributed by atoms with E-state index in [0.717, 1.165) is 13.1 Å². The van der Waals surface area contributed by atoms with E-state index in [-0.39, 0.29) is 11.8 Å². The van der Waals surface area contributed by atoms with Gasteiger partial charge >= 0.3 is 0 Å². The monoisotopic (exact) mass is 226 g/mol. The minimum Gasteiger partial charge on any atom is -0.353 e. The number of carbonyl (C=O) groups is 1. The van der Waals surface area contributed by atoms with Gasteiger partial charge in [0.05, 0.1) is 0 Å².